The summed E-state index contributed by atoms with van der Waals surface area (Å²) in [6.45, 7) is 8.38. The van der Waals surface area contributed by atoms with Gasteiger partial charge in [-0.25, -0.2) is 0 Å². The summed E-state index contributed by atoms with van der Waals surface area (Å²) >= 11 is 12.4. The summed E-state index contributed by atoms with van der Waals surface area (Å²) in [7, 11) is 0. The summed E-state index contributed by atoms with van der Waals surface area (Å²) in [5, 5.41) is 12.4. The largest absolute Gasteiger partial charge is 0.375 e. The van der Waals surface area contributed by atoms with Crippen molar-refractivity contribution in [3.8, 4) is 0 Å². The summed E-state index contributed by atoms with van der Waals surface area (Å²) in [6, 6.07) is 0. The van der Waals surface area contributed by atoms with Gasteiger partial charge in [-0.1, -0.05) is 42.8 Å². The molecule has 6 heteroatoms. The Labute approximate surface area is 154 Å². The zero-order valence-corrected chi connectivity index (χ0v) is 16.4. The molecule has 2 N–H and O–H groups in total. The standard InChI is InChI=1S/C18H26Cl2N2O2/c1-6-8-9-15(13(4)20)18(21-11-23)16(10-12(3)19)17(7-2)22-14(5)24/h7-10,12,23H,6,11H2,1-5H3,(H,22,24)/b9-8-,15-13?,16-10+,17-7+,21-18-. The third-order valence-corrected chi connectivity index (χ3v) is 3.25. The van der Waals surface area contributed by atoms with Gasteiger partial charge in [-0.05, 0) is 27.2 Å². The van der Waals surface area contributed by atoms with E-state index < -0.39 is 6.73 Å². The van der Waals surface area contributed by atoms with Crippen LogP contribution < -0.4 is 5.32 Å². The number of aliphatic hydroxyl groups is 1. The van der Waals surface area contributed by atoms with Crippen molar-refractivity contribution >= 4 is 34.8 Å². The van der Waals surface area contributed by atoms with Crippen LogP contribution >= 0.6 is 23.2 Å². The van der Waals surface area contributed by atoms with Crippen LogP contribution in [0.3, 0.4) is 0 Å². The van der Waals surface area contributed by atoms with Crippen LogP contribution in [0.4, 0.5) is 0 Å². The number of nitrogens with zero attached hydrogens (tertiary/aromatic N) is 1. The molecule has 0 saturated heterocycles. The molecule has 1 amide bonds. The molecule has 4 nitrogen and oxygen atoms in total. The smallest absolute Gasteiger partial charge is 0.221 e. The average Bonchev–Trinajstić information content (AvgIpc) is 2.49. The Morgan fingerprint density at radius 1 is 1.38 bits per heavy atom. The van der Waals surface area contributed by atoms with E-state index in [0.29, 0.717) is 27.6 Å². The summed E-state index contributed by atoms with van der Waals surface area (Å²) in [5.74, 6) is -0.211. The van der Waals surface area contributed by atoms with E-state index in [4.69, 9.17) is 23.2 Å². The highest BCUT2D eigenvalue weighted by molar-refractivity contribution is 6.34. The van der Waals surface area contributed by atoms with Gasteiger partial charge in [-0.2, -0.15) is 0 Å². The third kappa shape index (κ3) is 7.95. The molecule has 0 aliphatic rings. The number of nitrogens with one attached hydrogen (secondary N) is 1. The number of hydrogen-bond acceptors (Lipinski definition) is 3. The minimum Gasteiger partial charge on any atom is -0.375 e. The summed E-state index contributed by atoms with van der Waals surface area (Å²) in [4.78, 5) is 15.7. The molecule has 0 aromatic heterocycles. The first kappa shape index (κ1) is 22.6. The van der Waals surface area contributed by atoms with Crippen molar-refractivity contribution in [1.29, 1.82) is 0 Å². The molecule has 0 aliphatic heterocycles. The van der Waals surface area contributed by atoms with Crippen LogP contribution in [-0.4, -0.2) is 28.8 Å². The maximum Gasteiger partial charge on any atom is 0.221 e. The summed E-state index contributed by atoms with van der Waals surface area (Å²) < 4.78 is 0. The Bertz CT molecular complexity index is 582. The number of halogens is 2. The molecule has 0 aromatic rings. The Morgan fingerprint density at radius 2 is 2.00 bits per heavy atom. The minimum absolute atomic E-state index is 0.211. The maximum absolute atomic E-state index is 11.5. The van der Waals surface area contributed by atoms with Gasteiger partial charge in [0.2, 0.25) is 5.91 Å². The quantitative estimate of drug-likeness (QED) is 0.375. The SMILES string of the molecule is C\C=C(NC(C)=O)/C(=C\C(C)Cl)C(=N\CO)/C(/C=C\CC)=C(C)Cl. The average molecular weight is 373 g/mol. The highest BCUT2D eigenvalue weighted by Gasteiger charge is 2.18. The predicted molar refractivity (Wildman–Crippen MR) is 103 cm³/mol. The number of allylic oxidation sites excluding steroid dienone is 7. The van der Waals surface area contributed by atoms with E-state index in [0.717, 1.165) is 6.42 Å². The fraction of sp³-hybridized carbons (Fsp3) is 0.444. The normalized spacial score (nSPS) is 16.2. The van der Waals surface area contributed by atoms with Crippen molar-refractivity contribution in [2.75, 3.05) is 6.73 Å². The first-order valence-corrected chi connectivity index (χ1v) is 8.58. The lowest BCUT2D eigenvalue weighted by atomic mass is 9.97. The molecule has 0 aliphatic carbocycles. The molecule has 0 aromatic carbocycles. The van der Waals surface area contributed by atoms with Gasteiger partial charge in [-0.15, -0.1) is 11.6 Å². The van der Waals surface area contributed by atoms with Gasteiger partial charge in [0.25, 0.3) is 0 Å². The second kappa shape index (κ2) is 12.1. The van der Waals surface area contributed by atoms with Crippen molar-refractivity contribution in [1.82, 2.24) is 5.32 Å². The highest BCUT2D eigenvalue weighted by atomic mass is 35.5. The third-order valence-electron chi connectivity index (χ3n) is 2.92. The lowest BCUT2D eigenvalue weighted by Crippen LogP contribution is -2.25. The number of carbonyl (C=O) groups excluding carboxylic acids is 1. The topological polar surface area (TPSA) is 61.7 Å². The minimum atomic E-state index is -0.409. The van der Waals surface area contributed by atoms with E-state index in [1.165, 1.54) is 6.92 Å². The van der Waals surface area contributed by atoms with E-state index in [-0.39, 0.29) is 11.3 Å². The van der Waals surface area contributed by atoms with E-state index >= 15 is 0 Å². The van der Waals surface area contributed by atoms with E-state index in [1.54, 1.807) is 32.9 Å². The van der Waals surface area contributed by atoms with Crippen molar-refractivity contribution < 1.29 is 9.90 Å². The summed E-state index contributed by atoms with van der Waals surface area (Å²) in [5.41, 5.74) is 2.31. The summed E-state index contributed by atoms with van der Waals surface area (Å²) in [6.07, 6.45) is 8.15. The molecule has 0 rings (SSSR count). The Hall–Kier alpha value is -1.36. The number of rotatable bonds is 8. The lowest BCUT2D eigenvalue weighted by molar-refractivity contribution is -0.118. The lowest BCUT2D eigenvalue weighted by Gasteiger charge is -2.18. The van der Waals surface area contributed by atoms with Crippen LogP contribution in [0, 0.1) is 0 Å². The molecule has 24 heavy (non-hydrogen) atoms. The first-order valence-electron chi connectivity index (χ1n) is 7.77. The molecule has 134 valence electrons. The number of alkyl halides is 1. The molecule has 1 atom stereocenters. The van der Waals surface area contributed by atoms with Gasteiger partial charge in [-0.3, -0.25) is 9.79 Å². The first-order chi connectivity index (χ1) is 11.3. The van der Waals surface area contributed by atoms with Crippen molar-refractivity contribution in [2.45, 2.75) is 46.4 Å². The number of aliphatic imine (C=N–C) groups is 1. The van der Waals surface area contributed by atoms with Gasteiger partial charge < -0.3 is 10.4 Å². The van der Waals surface area contributed by atoms with Crippen molar-refractivity contribution in [3.05, 3.63) is 46.2 Å². The molecular weight excluding hydrogens is 347 g/mol. The van der Waals surface area contributed by atoms with Gasteiger partial charge in [0.1, 0.15) is 6.73 Å². The van der Waals surface area contributed by atoms with Crippen LogP contribution in [0.5, 0.6) is 0 Å². The fourth-order valence-corrected chi connectivity index (χ4v) is 2.27. The number of hydrogen-bond donors (Lipinski definition) is 2. The van der Waals surface area contributed by atoms with Crippen LogP contribution in [0.1, 0.15) is 41.0 Å². The van der Waals surface area contributed by atoms with Gasteiger partial charge in [0, 0.05) is 34.2 Å². The molecular formula is C18H26Cl2N2O2. The molecule has 0 heterocycles. The van der Waals surface area contributed by atoms with E-state index in [9.17, 15) is 9.90 Å². The monoisotopic (exact) mass is 372 g/mol. The van der Waals surface area contributed by atoms with Crippen LogP contribution in [0.25, 0.3) is 0 Å². The molecule has 0 spiro atoms. The molecule has 0 bridgehead atoms. The molecule has 1 unspecified atom stereocenters. The fourth-order valence-electron chi connectivity index (χ4n) is 1.99. The van der Waals surface area contributed by atoms with E-state index in [1.807, 2.05) is 19.1 Å². The van der Waals surface area contributed by atoms with Crippen molar-refractivity contribution in [3.63, 3.8) is 0 Å². The van der Waals surface area contributed by atoms with Gasteiger partial charge in [0.15, 0.2) is 0 Å². The molecule has 0 radical (unpaired) electrons. The second-order valence-corrected chi connectivity index (χ2v) is 6.30. The number of aliphatic hydroxyl groups excluding tert-OH is 1. The zero-order valence-electron chi connectivity index (χ0n) is 14.9. The van der Waals surface area contributed by atoms with Crippen LogP contribution in [0.15, 0.2) is 51.2 Å². The predicted octanol–water partition coefficient (Wildman–Crippen LogP) is 4.45. The highest BCUT2D eigenvalue weighted by Crippen LogP contribution is 2.23. The van der Waals surface area contributed by atoms with Gasteiger partial charge >= 0.3 is 0 Å². The number of carbonyl (C=O) groups is 1. The second-order valence-electron chi connectivity index (χ2n) is 5.05. The Kier molecular flexibility index (Phi) is 11.4. The zero-order chi connectivity index (χ0) is 18.7. The maximum atomic E-state index is 11.5. The molecule has 0 saturated carbocycles. The number of amides is 1. The van der Waals surface area contributed by atoms with Crippen molar-refractivity contribution in [2.24, 2.45) is 4.99 Å². The van der Waals surface area contributed by atoms with Crippen LogP contribution in [-0.2, 0) is 4.79 Å². The van der Waals surface area contributed by atoms with Crippen LogP contribution in [0.2, 0.25) is 0 Å². The van der Waals surface area contributed by atoms with Gasteiger partial charge in [0.05, 0.1) is 5.71 Å². The Balaban J connectivity index is 6.37. The molecule has 0 fully saturated rings. The Morgan fingerprint density at radius 3 is 2.38 bits per heavy atom. The van der Waals surface area contributed by atoms with E-state index in [2.05, 4.69) is 10.3 Å².